The van der Waals surface area contributed by atoms with Crippen LogP contribution in [-0.4, -0.2) is 38.3 Å². The quantitative estimate of drug-likeness (QED) is 0.927. The summed E-state index contributed by atoms with van der Waals surface area (Å²) >= 11 is 0. The molecule has 2 aromatic rings. The first-order valence-corrected chi connectivity index (χ1v) is 7.12. The minimum atomic E-state index is -0.721. The molecule has 1 aromatic heterocycles. The zero-order chi connectivity index (χ0) is 14.1. The van der Waals surface area contributed by atoms with Crippen LogP contribution in [0.15, 0.2) is 24.3 Å². The number of hydrogen-bond acceptors (Lipinski definition) is 3. The Kier molecular flexibility index (Phi) is 3.44. The highest BCUT2D eigenvalue weighted by atomic mass is 16.4. The normalized spacial score (nSPS) is 19.8. The van der Waals surface area contributed by atoms with Crippen LogP contribution >= 0.6 is 0 Å². The number of aromatic nitrogens is 2. The van der Waals surface area contributed by atoms with E-state index in [1.807, 2.05) is 21.7 Å². The number of para-hydroxylation sites is 1. The summed E-state index contributed by atoms with van der Waals surface area (Å²) in [5, 5.41) is 15.0. The SMILES string of the molecule is CCn1nc(CN2CCCC2C(=O)O)c2ccccc21. The van der Waals surface area contributed by atoms with Crippen molar-refractivity contribution in [3.8, 4) is 0 Å². The molecular formula is C15H19N3O2. The zero-order valence-electron chi connectivity index (χ0n) is 11.6. The second-order valence-corrected chi connectivity index (χ2v) is 5.25. The van der Waals surface area contributed by atoms with Crippen LogP contribution in [0.2, 0.25) is 0 Å². The van der Waals surface area contributed by atoms with Crippen LogP contribution in [0.4, 0.5) is 0 Å². The fourth-order valence-electron chi connectivity index (χ4n) is 3.04. The second-order valence-electron chi connectivity index (χ2n) is 5.25. The van der Waals surface area contributed by atoms with Crippen molar-refractivity contribution in [2.45, 2.75) is 38.9 Å². The number of benzene rings is 1. The summed E-state index contributed by atoms with van der Waals surface area (Å²) < 4.78 is 1.98. The van der Waals surface area contributed by atoms with E-state index in [1.165, 1.54) is 0 Å². The molecule has 2 heterocycles. The Hall–Kier alpha value is -1.88. The first-order chi connectivity index (χ1) is 9.70. The van der Waals surface area contributed by atoms with Gasteiger partial charge in [-0.3, -0.25) is 14.4 Å². The number of hydrogen-bond donors (Lipinski definition) is 1. The summed E-state index contributed by atoms with van der Waals surface area (Å²) in [6.07, 6.45) is 1.69. The van der Waals surface area contributed by atoms with Crippen molar-refractivity contribution in [3.63, 3.8) is 0 Å². The van der Waals surface area contributed by atoms with E-state index in [-0.39, 0.29) is 6.04 Å². The van der Waals surface area contributed by atoms with Gasteiger partial charge in [0.05, 0.1) is 11.2 Å². The summed E-state index contributed by atoms with van der Waals surface area (Å²) in [4.78, 5) is 13.3. The highest BCUT2D eigenvalue weighted by Crippen LogP contribution is 2.24. The van der Waals surface area contributed by atoms with Crippen molar-refractivity contribution in [3.05, 3.63) is 30.0 Å². The van der Waals surface area contributed by atoms with E-state index < -0.39 is 5.97 Å². The number of carboxylic acids is 1. The van der Waals surface area contributed by atoms with E-state index in [0.717, 1.165) is 42.5 Å². The first-order valence-electron chi connectivity index (χ1n) is 7.12. The highest BCUT2D eigenvalue weighted by molar-refractivity contribution is 5.82. The second kappa shape index (κ2) is 5.25. The molecule has 106 valence electrons. The van der Waals surface area contributed by atoms with Crippen LogP contribution in [0, 0.1) is 0 Å². The maximum absolute atomic E-state index is 11.3. The molecule has 1 saturated heterocycles. The first kappa shape index (κ1) is 13.1. The molecule has 1 aromatic carbocycles. The molecule has 5 nitrogen and oxygen atoms in total. The molecule has 1 aliphatic heterocycles. The summed E-state index contributed by atoms with van der Waals surface area (Å²) in [6.45, 7) is 4.34. The Morgan fingerprint density at radius 3 is 3.00 bits per heavy atom. The third kappa shape index (κ3) is 2.18. The minimum absolute atomic E-state index is 0.361. The van der Waals surface area contributed by atoms with Gasteiger partial charge in [-0.2, -0.15) is 5.10 Å². The van der Waals surface area contributed by atoms with Crippen LogP contribution < -0.4 is 0 Å². The van der Waals surface area contributed by atoms with Crippen molar-refractivity contribution < 1.29 is 9.90 Å². The van der Waals surface area contributed by atoms with Crippen molar-refractivity contribution in [2.24, 2.45) is 0 Å². The molecule has 0 aliphatic carbocycles. The lowest BCUT2D eigenvalue weighted by atomic mass is 10.2. The Bertz CT molecular complexity index is 635. The molecule has 1 aliphatic rings. The molecule has 1 N–H and O–H groups in total. The Morgan fingerprint density at radius 2 is 2.25 bits per heavy atom. The molecule has 0 bridgehead atoms. The van der Waals surface area contributed by atoms with E-state index >= 15 is 0 Å². The summed E-state index contributed by atoms with van der Waals surface area (Å²) in [5.41, 5.74) is 2.10. The van der Waals surface area contributed by atoms with Crippen molar-refractivity contribution in [2.75, 3.05) is 6.54 Å². The lowest BCUT2D eigenvalue weighted by Crippen LogP contribution is -2.35. The summed E-state index contributed by atoms with van der Waals surface area (Å²) in [5.74, 6) is -0.721. The number of fused-ring (bicyclic) bond motifs is 1. The van der Waals surface area contributed by atoms with Gasteiger partial charge >= 0.3 is 5.97 Å². The molecule has 0 spiro atoms. The third-order valence-electron chi connectivity index (χ3n) is 4.04. The number of carbonyl (C=O) groups is 1. The van der Waals surface area contributed by atoms with Crippen molar-refractivity contribution in [1.82, 2.24) is 14.7 Å². The topological polar surface area (TPSA) is 58.4 Å². The fourth-order valence-corrected chi connectivity index (χ4v) is 3.04. The Morgan fingerprint density at radius 1 is 1.45 bits per heavy atom. The minimum Gasteiger partial charge on any atom is -0.480 e. The average Bonchev–Trinajstić information content (AvgIpc) is 3.04. The lowest BCUT2D eigenvalue weighted by molar-refractivity contribution is -0.142. The van der Waals surface area contributed by atoms with Gasteiger partial charge in [0.15, 0.2) is 0 Å². The number of carboxylic acid groups (broad SMARTS) is 1. The maximum atomic E-state index is 11.3. The average molecular weight is 273 g/mol. The van der Waals surface area contributed by atoms with Gasteiger partial charge in [-0.15, -0.1) is 0 Å². The monoisotopic (exact) mass is 273 g/mol. The molecule has 0 amide bonds. The molecule has 0 saturated carbocycles. The predicted octanol–water partition coefficient (Wildman–Crippen LogP) is 2.11. The fraction of sp³-hybridized carbons (Fsp3) is 0.467. The van der Waals surface area contributed by atoms with Crippen molar-refractivity contribution >= 4 is 16.9 Å². The summed E-state index contributed by atoms with van der Waals surface area (Å²) in [7, 11) is 0. The number of nitrogens with zero attached hydrogens (tertiary/aromatic N) is 3. The van der Waals surface area contributed by atoms with E-state index in [2.05, 4.69) is 24.2 Å². The van der Waals surface area contributed by atoms with Crippen LogP contribution in [0.3, 0.4) is 0 Å². The van der Waals surface area contributed by atoms with Gasteiger partial charge in [-0.25, -0.2) is 0 Å². The Balaban J connectivity index is 1.93. The zero-order valence-corrected chi connectivity index (χ0v) is 11.6. The number of likely N-dealkylation sites (tertiary alicyclic amines) is 1. The smallest absolute Gasteiger partial charge is 0.320 e. The van der Waals surface area contributed by atoms with E-state index in [9.17, 15) is 9.90 Å². The highest BCUT2D eigenvalue weighted by Gasteiger charge is 2.31. The summed E-state index contributed by atoms with van der Waals surface area (Å²) in [6, 6.07) is 7.78. The molecular weight excluding hydrogens is 254 g/mol. The predicted molar refractivity (Wildman–Crippen MR) is 76.5 cm³/mol. The van der Waals surface area contributed by atoms with Gasteiger partial charge in [0.2, 0.25) is 0 Å². The van der Waals surface area contributed by atoms with E-state index in [0.29, 0.717) is 6.54 Å². The number of rotatable bonds is 4. The molecule has 0 radical (unpaired) electrons. The van der Waals surface area contributed by atoms with Crippen molar-refractivity contribution in [1.29, 1.82) is 0 Å². The van der Waals surface area contributed by atoms with Crippen LogP contribution in [0.1, 0.15) is 25.5 Å². The van der Waals surface area contributed by atoms with Crippen LogP contribution in [-0.2, 0) is 17.9 Å². The molecule has 20 heavy (non-hydrogen) atoms. The van der Waals surface area contributed by atoms with Gasteiger partial charge in [-0.05, 0) is 32.4 Å². The molecule has 1 unspecified atom stereocenters. The van der Waals surface area contributed by atoms with Gasteiger partial charge < -0.3 is 5.11 Å². The van der Waals surface area contributed by atoms with Crippen LogP contribution in [0.5, 0.6) is 0 Å². The van der Waals surface area contributed by atoms with Crippen LogP contribution in [0.25, 0.3) is 10.9 Å². The lowest BCUT2D eigenvalue weighted by Gasteiger charge is -2.19. The van der Waals surface area contributed by atoms with E-state index in [1.54, 1.807) is 0 Å². The molecule has 5 heteroatoms. The largest absolute Gasteiger partial charge is 0.480 e. The van der Waals surface area contributed by atoms with E-state index in [4.69, 9.17) is 0 Å². The van der Waals surface area contributed by atoms with Gasteiger partial charge in [0.1, 0.15) is 6.04 Å². The van der Waals surface area contributed by atoms with Gasteiger partial charge in [0.25, 0.3) is 0 Å². The molecule has 1 atom stereocenters. The molecule has 3 rings (SSSR count). The molecule has 1 fully saturated rings. The maximum Gasteiger partial charge on any atom is 0.320 e. The van der Waals surface area contributed by atoms with Gasteiger partial charge in [-0.1, -0.05) is 18.2 Å². The number of aliphatic carboxylic acids is 1. The number of aryl methyl sites for hydroxylation is 1. The Labute approximate surface area is 117 Å². The third-order valence-corrected chi connectivity index (χ3v) is 4.04. The standard InChI is InChI=1S/C15H19N3O2/c1-2-18-13-7-4-3-6-11(13)12(16-18)10-17-9-5-8-14(17)15(19)20/h3-4,6-7,14H,2,5,8-10H2,1H3,(H,19,20). The van der Waals surface area contributed by atoms with Gasteiger partial charge in [0, 0.05) is 18.5 Å².